The third kappa shape index (κ3) is 3.11. The Morgan fingerprint density at radius 2 is 1.94 bits per heavy atom. The molecule has 2 N–H and O–H groups in total. The minimum atomic E-state index is 0.00385. The number of nitrogens with two attached hydrogens (primary N) is 1. The molecule has 4 heteroatoms. The van der Waals surface area contributed by atoms with Gasteiger partial charge in [0.1, 0.15) is 10.8 Å². The van der Waals surface area contributed by atoms with Crippen molar-refractivity contribution in [2.75, 3.05) is 0 Å². The van der Waals surface area contributed by atoms with Gasteiger partial charge in [-0.2, -0.15) is 4.37 Å². The van der Waals surface area contributed by atoms with Crippen LogP contribution in [0, 0.1) is 0 Å². The minimum Gasteiger partial charge on any atom is -0.324 e. The summed E-state index contributed by atoms with van der Waals surface area (Å²) in [6.07, 6.45) is 0.758. The van der Waals surface area contributed by atoms with Gasteiger partial charge < -0.3 is 5.73 Å². The van der Waals surface area contributed by atoms with E-state index in [4.69, 9.17) is 5.73 Å². The van der Waals surface area contributed by atoms with E-state index in [1.165, 1.54) is 11.5 Å². The molecule has 0 saturated heterocycles. The van der Waals surface area contributed by atoms with Crippen molar-refractivity contribution in [3.63, 3.8) is 0 Å². The highest BCUT2D eigenvalue weighted by atomic mass is 32.1. The summed E-state index contributed by atoms with van der Waals surface area (Å²) in [7, 11) is 0. The van der Waals surface area contributed by atoms with Crippen LogP contribution in [-0.4, -0.2) is 9.36 Å². The maximum absolute atomic E-state index is 6.15. The zero-order chi connectivity index (χ0) is 12.3. The molecule has 90 valence electrons. The van der Waals surface area contributed by atoms with Gasteiger partial charge in [-0.15, -0.1) is 0 Å². The Morgan fingerprint density at radius 1 is 1.24 bits per heavy atom. The number of hydrogen-bond acceptors (Lipinski definition) is 4. The molecule has 0 fully saturated rings. The van der Waals surface area contributed by atoms with Crippen LogP contribution in [0.4, 0.5) is 0 Å². The normalized spacial score (nSPS) is 12.9. The molecule has 0 aliphatic carbocycles. The second-order valence-corrected chi connectivity index (χ2v) is 5.26. The lowest BCUT2D eigenvalue weighted by molar-refractivity contribution is 0.708. The number of aromatic nitrogens is 2. The molecule has 1 heterocycles. The van der Waals surface area contributed by atoms with Crippen molar-refractivity contribution in [2.45, 2.75) is 32.2 Å². The smallest absolute Gasteiger partial charge is 0.145 e. The van der Waals surface area contributed by atoms with Gasteiger partial charge in [0.15, 0.2) is 0 Å². The molecule has 1 aromatic heterocycles. The average molecular weight is 247 g/mol. The number of nitrogens with zero attached hydrogens (tertiary/aromatic N) is 2. The van der Waals surface area contributed by atoms with Crippen LogP contribution in [0.2, 0.25) is 0 Å². The number of rotatable bonds is 4. The van der Waals surface area contributed by atoms with E-state index in [0.29, 0.717) is 5.92 Å². The van der Waals surface area contributed by atoms with E-state index < -0.39 is 0 Å². The lowest BCUT2D eigenvalue weighted by Gasteiger charge is -2.09. The van der Waals surface area contributed by atoms with Crippen molar-refractivity contribution >= 4 is 11.5 Å². The van der Waals surface area contributed by atoms with Crippen molar-refractivity contribution in [3.8, 4) is 0 Å². The molecule has 2 rings (SSSR count). The Morgan fingerprint density at radius 3 is 2.53 bits per heavy atom. The van der Waals surface area contributed by atoms with Crippen LogP contribution in [0.25, 0.3) is 0 Å². The van der Waals surface area contributed by atoms with E-state index in [1.807, 2.05) is 18.2 Å². The highest BCUT2D eigenvalue weighted by Crippen LogP contribution is 2.19. The van der Waals surface area contributed by atoms with Crippen LogP contribution in [-0.2, 0) is 6.42 Å². The Balaban J connectivity index is 2.05. The van der Waals surface area contributed by atoms with Crippen LogP contribution >= 0.6 is 11.5 Å². The summed E-state index contributed by atoms with van der Waals surface area (Å²) in [6, 6.07) is 10.1. The third-order valence-corrected chi connectivity index (χ3v) is 3.37. The van der Waals surface area contributed by atoms with Crippen molar-refractivity contribution in [1.82, 2.24) is 9.36 Å². The maximum Gasteiger partial charge on any atom is 0.145 e. The first-order valence-corrected chi connectivity index (χ1v) is 6.57. The molecule has 0 aliphatic heterocycles. The second kappa shape index (κ2) is 5.38. The van der Waals surface area contributed by atoms with Gasteiger partial charge in [-0.05, 0) is 17.1 Å². The predicted molar refractivity (Wildman–Crippen MR) is 71.1 cm³/mol. The second-order valence-electron chi connectivity index (χ2n) is 4.42. The van der Waals surface area contributed by atoms with Gasteiger partial charge in [-0.1, -0.05) is 44.2 Å². The summed E-state index contributed by atoms with van der Waals surface area (Å²) in [4.78, 5) is 4.50. The molecule has 0 aliphatic rings. The van der Waals surface area contributed by atoms with Gasteiger partial charge in [0.2, 0.25) is 0 Å². The highest BCUT2D eigenvalue weighted by Gasteiger charge is 2.12. The molecule has 0 bridgehead atoms. The van der Waals surface area contributed by atoms with Crippen LogP contribution < -0.4 is 5.73 Å². The van der Waals surface area contributed by atoms with Gasteiger partial charge in [0.05, 0.1) is 0 Å². The minimum absolute atomic E-state index is 0.00385. The summed E-state index contributed by atoms with van der Waals surface area (Å²) in [5, 5.41) is 1.02. The molecule has 0 saturated carbocycles. The van der Waals surface area contributed by atoms with Crippen molar-refractivity contribution < 1.29 is 0 Å². The molecule has 1 atom stereocenters. The summed E-state index contributed by atoms with van der Waals surface area (Å²) in [6.45, 7) is 4.20. The maximum atomic E-state index is 6.15. The molecular formula is C13H17N3S. The van der Waals surface area contributed by atoms with Gasteiger partial charge >= 0.3 is 0 Å². The number of hydrogen-bond donors (Lipinski definition) is 1. The first-order valence-electron chi connectivity index (χ1n) is 5.80. The van der Waals surface area contributed by atoms with Crippen LogP contribution in [0.3, 0.4) is 0 Å². The molecule has 2 aromatic rings. The Hall–Kier alpha value is -1.26. The SMILES string of the molecule is CC(C)c1nsc(CC(N)c2ccccc2)n1. The molecule has 0 amide bonds. The average Bonchev–Trinajstić information content (AvgIpc) is 2.79. The van der Waals surface area contributed by atoms with E-state index in [2.05, 4.69) is 35.3 Å². The predicted octanol–water partition coefficient (Wildman–Crippen LogP) is 2.90. The van der Waals surface area contributed by atoms with Crippen molar-refractivity contribution in [3.05, 3.63) is 46.7 Å². The van der Waals surface area contributed by atoms with E-state index in [9.17, 15) is 0 Å². The fourth-order valence-corrected chi connectivity index (χ4v) is 2.43. The van der Waals surface area contributed by atoms with Crippen LogP contribution in [0.5, 0.6) is 0 Å². The topological polar surface area (TPSA) is 51.8 Å². The molecular weight excluding hydrogens is 230 g/mol. The van der Waals surface area contributed by atoms with Crippen molar-refractivity contribution in [2.24, 2.45) is 5.73 Å². The van der Waals surface area contributed by atoms with E-state index in [1.54, 1.807) is 0 Å². The molecule has 0 radical (unpaired) electrons. The van der Waals surface area contributed by atoms with Gasteiger partial charge in [0.25, 0.3) is 0 Å². The summed E-state index contributed by atoms with van der Waals surface area (Å²) < 4.78 is 4.34. The Labute approximate surface area is 106 Å². The Kier molecular flexibility index (Phi) is 3.86. The zero-order valence-corrected chi connectivity index (χ0v) is 10.9. The molecule has 1 unspecified atom stereocenters. The quantitative estimate of drug-likeness (QED) is 0.903. The fourth-order valence-electron chi connectivity index (χ4n) is 1.59. The fraction of sp³-hybridized carbons (Fsp3) is 0.385. The summed E-state index contributed by atoms with van der Waals surface area (Å²) in [5.41, 5.74) is 7.30. The monoisotopic (exact) mass is 247 g/mol. The van der Waals surface area contributed by atoms with Crippen molar-refractivity contribution in [1.29, 1.82) is 0 Å². The lowest BCUT2D eigenvalue weighted by atomic mass is 10.1. The van der Waals surface area contributed by atoms with Crippen LogP contribution in [0.1, 0.15) is 42.2 Å². The van der Waals surface area contributed by atoms with E-state index >= 15 is 0 Å². The molecule has 0 spiro atoms. The lowest BCUT2D eigenvalue weighted by Crippen LogP contribution is -2.13. The largest absolute Gasteiger partial charge is 0.324 e. The van der Waals surface area contributed by atoms with Gasteiger partial charge in [-0.25, -0.2) is 4.98 Å². The van der Waals surface area contributed by atoms with Gasteiger partial charge in [-0.3, -0.25) is 0 Å². The zero-order valence-electron chi connectivity index (χ0n) is 10.1. The third-order valence-electron chi connectivity index (χ3n) is 2.62. The van der Waals surface area contributed by atoms with E-state index in [0.717, 1.165) is 22.8 Å². The van der Waals surface area contributed by atoms with Gasteiger partial charge in [0, 0.05) is 18.4 Å². The molecule has 17 heavy (non-hydrogen) atoms. The van der Waals surface area contributed by atoms with E-state index in [-0.39, 0.29) is 6.04 Å². The first-order chi connectivity index (χ1) is 8.16. The molecule has 3 nitrogen and oxygen atoms in total. The molecule has 1 aromatic carbocycles. The summed E-state index contributed by atoms with van der Waals surface area (Å²) >= 11 is 1.46. The highest BCUT2D eigenvalue weighted by molar-refractivity contribution is 7.05. The standard InChI is InChI=1S/C13H17N3S/c1-9(2)13-15-12(17-16-13)8-11(14)10-6-4-3-5-7-10/h3-7,9,11H,8,14H2,1-2H3. The summed E-state index contributed by atoms with van der Waals surface area (Å²) in [5.74, 6) is 1.30. The first kappa shape index (κ1) is 12.2. The number of benzene rings is 1. The Bertz CT molecular complexity index is 465. The van der Waals surface area contributed by atoms with Crippen LogP contribution in [0.15, 0.2) is 30.3 Å².